The lowest BCUT2D eigenvalue weighted by Crippen LogP contribution is -2.39. The summed E-state index contributed by atoms with van der Waals surface area (Å²) in [5.74, 6) is 1.45. The highest BCUT2D eigenvalue weighted by atomic mass is 16.7. The van der Waals surface area contributed by atoms with E-state index in [4.69, 9.17) is 9.47 Å². The first-order chi connectivity index (χ1) is 13.2. The van der Waals surface area contributed by atoms with E-state index < -0.39 is 0 Å². The number of nitrogens with zero attached hydrogens (tertiary/aromatic N) is 1. The van der Waals surface area contributed by atoms with Crippen molar-refractivity contribution < 1.29 is 14.3 Å². The van der Waals surface area contributed by atoms with Crippen molar-refractivity contribution in [3.05, 3.63) is 71.8 Å². The lowest BCUT2D eigenvalue weighted by Gasteiger charge is -2.22. The molecule has 0 spiro atoms. The minimum atomic E-state index is -0.0952. The van der Waals surface area contributed by atoms with Crippen molar-refractivity contribution >= 4 is 16.8 Å². The molecule has 138 valence electrons. The Bertz CT molecular complexity index is 971. The molecule has 0 radical (unpaired) electrons. The van der Waals surface area contributed by atoms with Crippen LogP contribution in [0.15, 0.2) is 60.7 Å². The standard InChI is InChI=1S/C22H22N2O3/c1-2-24(14-16-10-11-17-6-3-4-7-18(17)12-16)22(25)23-13-19-8-5-9-20-21(19)27-15-26-20/h3-12H,2,13-15H2,1H3,(H,23,25). The molecule has 1 N–H and O–H groups in total. The van der Waals surface area contributed by atoms with Crippen molar-refractivity contribution in [2.45, 2.75) is 20.0 Å². The highest BCUT2D eigenvalue weighted by molar-refractivity contribution is 5.83. The van der Waals surface area contributed by atoms with Crippen LogP contribution in [0, 0.1) is 0 Å². The second-order valence-corrected chi connectivity index (χ2v) is 6.51. The largest absolute Gasteiger partial charge is 0.454 e. The maximum absolute atomic E-state index is 12.7. The van der Waals surface area contributed by atoms with Gasteiger partial charge in [0, 0.05) is 25.2 Å². The van der Waals surface area contributed by atoms with Crippen molar-refractivity contribution in [3.63, 3.8) is 0 Å². The molecule has 1 heterocycles. The van der Waals surface area contributed by atoms with Crippen LogP contribution in [0.3, 0.4) is 0 Å². The predicted molar refractivity (Wildman–Crippen MR) is 105 cm³/mol. The molecule has 5 nitrogen and oxygen atoms in total. The average molecular weight is 362 g/mol. The van der Waals surface area contributed by atoms with Crippen LogP contribution in [0.5, 0.6) is 11.5 Å². The van der Waals surface area contributed by atoms with Gasteiger partial charge in [0.2, 0.25) is 6.79 Å². The van der Waals surface area contributed by atoms with Crippen molar-refractivity contribution in [3.8, 4) is 11.5 Å². The summed E-state index contributed by atoms with van der Waals surface area (Å²) in [6.45, 7) is 3.81. The van der Waals surface area contributed by atoms with Gasteiger partial charge in [-0.05, 0) is 35.4 Å². The molecular formula is C22H22N2O3. The fourth-order valence-corrected chi connectivity index (χ4v) is 3.30. The Kier molecular flexibility index (Phi) is 4.83. The molecule has 0 atom stereocenters. The summed E-state index contributed by atoms with van der Waals surface area (Å²) in [5, 5.41) is 5.37. The first-order valence-electron chi connectivity index (χ1n) is 9.12. The molecule has 0 aliphatic carbocycles. The van der Waals surface area contributed by atoms with Crippen molar-refractivity contribution in [2.24, 2.45) is 0 Å². The molecular weight excluding hydrogens is 340 g/mol. The van der Waals surface area contributed by atoms with Gasteiger partial charge in [-0.2, -0.15) is 0 Å². The number of carbonyl (C=O) groups excluding carboxylic acids is 1. The van der Waals surface area contributed by atoms with E-state index in [9.17, 15) is 4.79 Å². The summed E-state index contributed by atoms with van der Waals surface area (Å²) in [4.78, 5) is 14.5. The second kappa shape index (κ2) is 7.58. The molecule has 3 aromatic carbocycles. The molecule has 0 fully saturated rings. The smallest absolute Gasteiger partial charge is 0.317 e. The highest BCUT2D eigenvalue weighted by Gasteiger charge is 2.18. The zero-order valence-electron chi connectivity index (χ0n) is 15.3. The molecule has 0 unspecified atom stereocenters. The number of hydrogen-bond acceptors (Lipinski definition) is 3. The number of nitrogens with one attached hydrogen (secondary N) is 1. The van der Waals surface area contributed by atoms with E-state index in [0.717, 1.165) is 22.6 Å². The van der Waals surface area contributed by atoms with Crippen LogP contribution in [0.25, 0.3) is 10.8 Å². The van der Waals surface area contributed by atoms with Gasteiger partial charge < -0.3 is 19.7 Å². The molecule has 1 aliphatic heterocycles. The fraction of sp³-hybridized carbons (Fsp3) is 0.227. The number of carbonyl (C=O) groups is 1. The van der Waals surface area contributed by atoms with Gasteiger partial charge in [0.05, 0.1) is 0 Å². The summed E-state index contributed by atoms with van der Waals surface area (Å²) in [7, 11) is 0. The Labute approximate surface area is 158 Å². The molecule has 2 amide bonds. The number of fused-ring (bicyclic) bond motifs is 2. The minimum absolute atomic E-state index is 0.0952. The number of rotatable bonds is 5. The Hall–Kier alpha value is -3.21. The Morgan fingerprint density at radius 2 is 1.89 bits per heavy atom. The number of para-hydroxylation sites is 1. The van der Waals surface area contributed by atoms with Gasteiger partial charge in [-0.3, -0.25) is 0 Å². The lowest BCUT2D eigenvalue weighted by atomic mass is 10.1. The molecule has 4 rings (SSSR count). The van der Waals surface area contributed by atoms with Crippen LogP contribution in [0.4, 0.5) is 4.79 Å². The molecule has 0 aromatic heterocycles. The SMILES string of the molecule is CCN(Cc1ccc2ccccc2c1)C(=O)NCc1cccc2c1OCO2. The first kappa shape index (κ1) is 17.2. The number of ether oxygens (including phenoxy) is 2. The summed E-state index contributed by atoms with van der Waals surface area (Å²) in [6, 6.07) is 20.2. The zero-order chi connectivity index (χ0) is 18.6. The van der Waals surface area contributed by atoms with Crippen LogP contribution < -0.4 is 14.8 Å². The topological polar surface area (TPSA) is 50.8 Å². The van der Waals surface area contributed by atoms with E-state index in [1.165, 1.54) is 10.8 Å². The maximum Gasteiger partial charge on any atom is 0.317 e. The molecule has 1 aliphatic rings. The number of amides is 2. The third-order valence-electron chi connectivity index (χ3n) is 4.76. The molecule has 0 saturated heterocycles. The van der Waals surface area contributed by atoms with Crippen LogP contribution in [-0.2, 0) is 13.1 Å². The average Bonchev–Trinajstić information content (AvgIpc) is 3.19. The normalized spacial score (nSPS) is 12.2. The summed E-state index contributed by atoms with van der Waals surface area (Å²) < 4.78 is 10.9. The number of hydrogen-bond donors (Lipinski definition) is 1. The van der Waals surface area contributed by atoms with Gasteiger partial charge in [0.25, 0.3) is 0 Å². The maximum atomic E-state index is 12.7. The minimum Gasteiger partial charge on any atom is -0.454 e. The third-order valence-corrected chi connectivity index (χ3v) is 4.76. The molecule has 27 heavy (non-hydrogen) atoms. The van der Waals surface area contributed by atoms with Crippen molar-refractivity contribution in [1.29, 1.82) is 0 Å². The fourth-order valence-electron chi connectivity index (χ4n) is 3.30. The number of benzene rings is 3. The number of urea groups is 1. The summed E-state index contributed by atoms with van der Waals surface area (Å²) in [6.07, 6.45) is 0. The van der Waals surface area contributed by atoms with Gasteiger partial charge >= 0.3 is 6.03 Å². The summed E-state index contributed by atoms with van der Waals surface area (Å²) in [5.41, 5.74) is 2.03. The van der Waals surface area contributed by atoms with Gasteiger partial charge in [-0.25, -0.2) is 4.79 Å². The molecule has 0 saturated carbocycles. The summed E-state index contributed by atoms with van der Waals surface area (Å²) >= 11 is 0. The lowest BCUT2D eigenvalue weighted by molar-refractivity contribution is 0.173. The van der Waals surface area contributed by atoms with Crippen molar-refractivity contribution in [2.75, 3.05) is 13.3 Å². The van der Waals surface area contributed by atoms with Crippen LogP contribution in [0.2, 0.25) is 0 Å². The van der Waals surface area contributed by atoms with Crippen LogP contribution >= 0.6 is 0 Å². The van der Waals surface area contributed by atoms with E-state index in [-0.39, 0.29) is 12.8 Å². The predicted octanol–water partition coefficient (Wildman–Crippen LogP) is 4.30. The van der Waals surface area contributed by atoms with Gasteiger partial charge in [0.1, 0.15) is 0 Å². The van der Waals surface area contributed by atoms with Gasteiger partial charge in [-0.15, -0.1) is 0 Å². The Morgan fingerprint density at radius 3 is 2.74 bits per heavy atom. The zero-order valence-corrected chi connectivity index (χ0v) is 15.3. The highest BCUT2D eigenvalue weighted by Crippen LogP contribution is 2.35. The van der Waals surface area contributed by atoms with Gasteiger partial charge in [0.15, 0.2) is 11.5 Å². The van der Waals surface area contributed by atoms with E-state index in [1.54, 1.807) is 4.90 Å². The Morgan fingerprint density at radius 1 is 1.04 bits per heavy atom. The first-order valence-corrected chi connectivity index (χ1v) is 9.12. The van der Waals surface area contributed by atoms with E-state index in [0.29, 0.717) is 19.6 Å². The molecule has 0 bridgehead atoms. The molecule has 3 aromatic rings. The van der Waals surface area contributed by atoms with E-state index in [2.05, 4.69) is 35.6 Å². The monoisotopic (exact) mass is 362 g/mol. The quantitative estimate of drug-likeness (QED) is 0.736. The van der Waals surface area contributed by atoms with Crippen LogP contribution in [0.1, 0.15) is 18.1 Å². The third kappa shape index (κ3) is 3.67. The Balaban J connectivity index is 1.42. The molecule has 5 heteroatoms. The van der Waals surface area contributed by atoms with Crippen LogP contribution in [-0.4, -0.2) is 24.3 Å². The van der Waals surface area contributed by atoms with E-state index in [1.807, 2.05) is 37.3 Å². The van der Waals surface area contributed by atoms with E-state index >= 15 is 0 Å². The second-order valence-electron chi connectivity index (χ2n) is 6.51. The van der Waals surface area contributed by atoms with Crippen molar-refractivity contribution in [1.82, 2.24) is 10.2 Å². The van der Waals surface area contributed by atoms with Gasteiger partial charge in [-0.1, -0.05) is 48.5 Å².